The average Bonchev–Trinajstić information content (AvgIpc) is 2.87. The van der Waals surface area contributed by atoms with Crippen molar-refractivity contribution in [2.24, 2.45) is 0 Å². The monoisotopic (exact) mass is 281 g/mol. The molecule has 3 rings (SSSR count). The molecule has 0 radical (unpaired) electrons. The third kappa shape index (κ3) is 2.37. The highest BCUT2D eigenvalue weighted by Gasteiger charge is 2.33. The molecule has 6 heteroatoms. The van der Waals surface area contributed by atoms with Crippen LogP contribution in [0.4, 0.5) is 18.9 Å². The summed E-state index contributed by atoms with van der Waals surface area (Å²) in [5.74, 6) is 0. The largest absolute Gasteiger partial charge is 0.435 e. The number of nitrogens with one attached hydrogen (secondary N) is 1. The van der Waals surface area contributed by atoms with Crippen LogP contribution in [0.5, 0.6) is 0 Å². The van der Waals surface area contributed by atoms with Gasteiger partial charge in [-0.1, -0.05) is 0 Å². The number of aromatic nitrogens is 2. The van der Waals surface area contributed by atoms with Crippen molar-refractivity contribution in [1.29, 1.82) is 0 Å². The first-order valence-electron chi connectivity index (χ1n) is 6.46. The highest BCUT2D eigenvalue weighted by Crippen LogP contribution is 2.29. The van der Waals surface area contributed by atoms with Crippen LogP contribution in [0.15, 0.2) is 30.5 Å². The minimum absolute atomic E-state index is 0.426. The number of alkyl halides is 3. The fraction of sp³-hybridized carbons (Fsp3) is 0.357. The van der Waals surface area contributed by atoms with E-state index in [4.69, 9.17) is 0 Å². The van der Waals surface area contributed by atoms with Crippen LogP contribution < -0.4 is 5.32 Å². The molecule has 1 atom stereocenters. The summed E-state index contributed by atoms with van der Waals surface area (Å²) in [7, 11) is 0. The van der Waals surface area contributed by atoms with Crippen LogP contribution in [0.1, 0.15) is 24.6 Å². The van der Waals surface area contributed by atoms with Gasteiger partial charge in [-0.05, 0) is 49.6 Å². The molecule has 1 aliphatic rings. The minimum Gasteiger partial charge on any atom is -0.382 e. The molecule has 0 amide bonds. The number of anilines is 1. The Labute approximate surface area is 114 Å². The molecule has 1 aromatic heterocycles. The molecule has 1 unspecified atom stereocenters. The first-order chi connectivity index (χ1) is 9.43. The van der Waals surface area contributed by atoms with Gasteiger partial charge in [0.1, 0.15) is 0 Å². The zero-order valence-electron chi connectivity index (χ0n) is 10.9. The molecule has 20 heavy (non-hydrogen) atoms. The van der Waals surface area contributed by atoms with E-state index in [1.807, 2.05) is 12.1 Å². The van der Waals surface area contributed by atoms with Crippen molar-refractivity contribution in [2.45, 2.75) is 32.0 Å². The predicted molar refractivity (Wildman–Crippen MR) is 70.0 cm³/mol. The summed E-state index contributed by atoms with van der Waals surface area (Å²) in [6.45, 7) is 2.11. The summed E-state index contributed by atoms with van der Waals surface area (Å²) in [6.07, 6.45) is -1.13. The molecule has 106 valence electrons. The lowest BCUT2D eigenvalue weighted by Gasteiger charge is -2.24. The molecule has 3 nitrogen and oxygen atoms in total. The zero-order chi connectivity index (χ0) is 14.3. The van der Waals surface area contributed by atoms with Gasteiger partial charge < -0.3 is 5.32 Å². The van der Waals surface area contributed by atoms with Gasteiger partial charge >= 0.3 is 6.18 Å². The summed E-state index contributed by atoms with van der Waals surface area (Å²) in [5, 5.41) is 6.95. The van der Waals surface area contributed by atoms with E-state index < -0.39 is 11.9 Å². The Morgan fingerprint density at radius 3 is 2.80 bits per heavy atom. The summed E-state index contributed by atoms with van der Waals surface area (Å²) >= 11 is 0. The molecular formula is C14H14F3N3. The lowest BCUT2D eigenvalue weighted by Crippen LogP contribution is -2.22. The van der Waals surface area contributed by atoms with Crippen molar-refractivity contribution in [3.63, 3.8) is 0 Å². The number of aryl methyl sites for hydroxylation is 1. The van der Waals surface area contributed by atoms with E-state index in [9.17, 15) is 13.2 Å². The maximum atomic E-state index is 12.5. The summed E-state index contributed by atoms with van der Waals surface area (Å²) in [5.41, 5.74) is 1.94. The van der Waals surface area contributed by atoms with Crippen LogP contribution in [0, 0.1) is 0 Å². The van der Waals surface area contributed by atoms with Crippen molar-refractivity contribution in [3.8, 4) is 5.69 Å². The van der Waals surface area contributed by atoms with Gasteiger partial charge in [-0.15, -0.1) is 0 Å². The number of nitrogens with zero attached hydrogens (tertiary/aromatic N) is 2. The molecule has 0 spiro atoms. The Kier molecular flexibility index (Phi) is 2.96. The van der Waals surface area contributed by atoms with E-state index in [0.717, 1.165) is 30.2 Å². The Bertz CT molecular complexity index is 631. The molecule has 0 saturated heterocycles. The standard InChI is InChI=1S/C14H14F3N3/c1-9-2-3-10-8-11(4-5-12(10)18-9)20-7-6-13(19-20)14(15,16)17/h4-9,18H,2-3H2,1H3. The van der Waals surface area contributed by atoms with E-state index in [1.54, 1.807) is 6.07 Å². The van der Waals surface area contributed by atoms with Gasteiger partial charge in [-0.3, -0.25) is 0 Å². The highest BCUT2D eigenvalue weighted by atomic mass is 19.4. The van der Waals surface area contributed by atoms with Gasteiger partial charge in [0.05, 0.1) is 5.69 Å². The lowest BCUT2D eigenvalue weighted by atomic mass is 9.98. The molecule has 0 saturated carbocycles. The predicted octanol–water partition coefficient (Wildman–Crippen LogP) is 3.64. The van der Waals surface area contributed by atoms with Crippen molar-refractivity contribution in [2.75, 3.05) is 5.32 Å². The average molecular weight is 281 g/mol. The van der Waals surface area contributed by atoms with E-state index in [1.165, 1.54) is 10.9 Å². The van der Waals surface area contributed by atoms with E-state index in [-0.39, 0.29) is 0 Å². The maximum absolute atomic E-state index is 12.5. The first kappa shape index (κ1) is 13.0. The fourth-order valence-electron chi connectivity index (χ4n) is 2.40. The number of rotatable bonds is 1. The van der Waals surface area contributed by atoms with Crippen molar-refractivity contribution in [3.05, 3.63) is 41.7 Å². The number of hydrogen-bond donors (Lipinski definition) is 1. The van der Waals surface area contributed by atoms with Gasteiger partial charge in [0.25, 0.3) is 0 Å². The number of fused-ring (bicyclic) bond motifs is 1. The summed E-state index contributed by atoms with van der Waals surface area (Å²) in [4.78, 5) is 0. The van der Waals surface area contributed by atoms with Gasteiger partial charge in [0, 0.05) is 17.9 Å². The summed E-state index contributed by atoms with van der Waals surface area (Å²) < 4.78 is 38.9. The Morgan fingerprint density at radius 1 is 1.30 bits per heavy atom. The topological polar surface area (TPSA) is 29.9 Å². The van der Waals surface area contributed by atoms with E-state index in [0.29, 0.717) is 11.7 Å². The Balaban J connectivity index is 1.93. The Morgan fingerprint density at radius 2 is 2.10 bits per heavy atom. The fourth-order valence-corrected chi connectivity index (χ4v) is 2.40. The second-order valence-corrected chi connectivity index (χ2v) is 5.07. The van der Waals surface area contributed by atoms with Gasteiger partial charge in [0.15, 0.2) is 5.69 Å². The van der Waals surface area contributed by atoms with Crippen LogP contribution in [-0.2, 0) is 12.6 Å². The third-order valence-corrected chi connectivity index (χ3v) is 3.48. The van der Waals surface area contributed by atoms with Crippen LogP contribution in [-0.4, -0.2) is 15.8 Å². The molecule has 0 aliphatic carbocycles. The van der Waals surface area contributed by atoms with Crippen molar-refractivity contribution >= 4 is 5.69 Å². The zero-order valence-corrected chi connectivity index (χ0v) is 10.9. The van der Waals surface area contributed by atoms with Crippen LogP contribution in [0.2, 0.25) is 0 Å². The number of hydrogen-bond acceptors (Lipinski definition) is 2. The van der Waals surface area contributed by atoms with Gasteiger partial charge in [-0.25, -0.2) is 4.68 Å². The van der Waals surface area contributed by atoms with E-state index in [2.05, 4.69) is 17.3 Å². The van der Waals surface area contributed by atoms with Crippen LogP contribution >= 0.6 is 0 Å². The van der Waals surface area contributed by atoms with Crippen LogP contribution in [0.3, 0.4) is 0 Å². The number of halogens is 3. The maximum Gasteiger partial charge on any atom is 0.435 e. The Hall–Kier alpha value is -1.98. The van der Waals surface area contributed by atoms with Gasteiger partial charge in [0.2, 0.25) is 0 Å². The molecule has 2 aromatic rings. The van der Waals surface area contributed by atoms with Crippen molar-refractivity contribution in [1.82, 2.24) is 9.78 Å². The second kappa shape index (κ2) is 4.54. The lowest BCUT2D eigenvalue weighted by molar-refractivity contribution is -0.141. The molecule has 0 bridgehead atoms. The molecule has 1 aliphatic heterocycles. The quantitative estimate of drug-likeness (QED) is 0.865. The second-order valence-electron chi connectivity index (χ2n) is 5.07. The number of benzene rings is 1. The molecular weight excluding hydrogens is 267 g/mol. The molecule has 2 heterocycles. The smallest absolute Gasteiger partial charge is 0.382 e. The van der Waals surface area contributed by atoms with E-state index >= 15 is 0 Å². The van der Waals surface area contributed by atoms with Gasteiger partial charge in [-0.2, -0.15) is 18.3 Å². The van der Waals surface area contributed by atoms with Crippen LogP contribution in [0.25, 0.3) is 5.69 Å². The van der Waals surface area contributed by atoms with Crippen molar-refractivity contribution < 1.29 is 13.2 Å². The highest BCUT2D eigenvalue weighted by molar-refractivity contribution is 5.57. The molecule has 1 N–H and O–H groups in total. The molecule has 1 aromatic carbocycles. The normalized spacial score (nSPS) is 18.5. The minimum atomic E-state index is -4.41. The summed E-state index contributed by atoms with van der Waals surface area (Å²) in [6, 6.07) is 6.97. The first-order valence-corrected chi connectivity index (χ1v) is 6.46. The SMILES string of the molecule is CC1CCc2cc(-n3ccc(C(F)(F)F)n3)ccc2N1. The molecule has 0 fully saturated rings. The third-order valence-electron chi connectivity index (χ3n) is 3.48.